The van der Waals surface area contributed by atoms with Gasteiger partial charge in [0.1, 0.15) is 11.5 Å². The Kier molecular flexibility index (Phi) is 4.28. The van der Waals surface area contributed by atoms with Gasteiger partial charge in [0.15, 0.2) is 0 Å². The van der Waals surface area contributed by atoms with Crippen LogP contribution in [0.5, 0.6) is 0 Å². The molecule has 8 heteroatoms. The lowest BCUT2D eigenvalue weighted by molar-refractivity contribution is -0.384. The number of carbonyl (C=O) groups excluding carboxylic acids is 1. The van der Waals surface area contributed by atoms with Crippen molar-refractivity contribution >= 4 is 28.8 Å². The molecule has 1 fully saturated rings. The van der Waals surface area contributed by atoms with Crippen LogP contribution in [0.2, 0.25) is 0 Å². The molecule has 2 N–H and O–H groups in total. The molecular formula is C16H15FN4O3. The summed E-state index contributed by atoms with van der Waals surface area (Å²) < 4.78 is 13.2. The number of anilines is 3. The number of halogens is 1. The SMILES string of the molecule is O=C1NCCCN1c1cccc(Nc2ccc(F)cc2[N+](=O)[O-])c1. The Bertz CT molecular complexity index is 797. The molecule has 2 aromatic carbocycles. The molecule has 24 heavy (non-hydrogen) atoms. The number of urea groups is 1. The van der Waals surface area contributed by atoms with Gasteiger partial charge in [0.2, 0.25) is 0 Å². The zero-order valence-electron chi connectivity index (χ0n) is 12.7. The van der Waals surface area contributed by atoms with Gasteiger partial charge in [0.25, 0.3) is 5.69 Å². The summed E-state index contributed by atoms with van der Waals surface area (Å²) in [5, 5.41) is 16.7. The molecule has 0 bridgehead atoms. The summed E-state index contributed by atoms with van der Waals surface area (Å²) in [5.74, 6) is -0.675. The molecule has 0 aromatic heterocycles. The van der Waals surface area contributed by atoms with Gasteiger partial charge in [-0.05, 0) is 36.8 Å². The van der Waals surface area contributed by atoms with E-state index in [4.69, 9.17) is 0 Å². The van der Waals surface area contributed by atoms with E-state index in [-0.39, 0.29) is 17.4 Å². The molecule has 1 aliphatic rings. The molecular weight excluding hydrogens is 315 g/mol. The maximum atomic E-state index is 13.2. The molecule has 0 saturated carbocycles. The fourth-order valence-electron chi connectivity index (χ4n) is 2.54. The minimum atomic E-state index is -0.675. The first-order valence-corrected chi connectivity index (χ1v) is 7.41. The number of benzene rings is 2. The molecule has 0 unspecified atom stereocenters. The summed E-state index contributed by atoms with van der Waals surface area (Å²) in [6.07, 6.45) is 0.840. The number of hydrogen-bond acceptors (Lipinski definition) is 4. The molecule has 2 aromatic rings. The Balaban J connectivity index is 1.88. The second kappa shape index (κ2) is 6.53. The minimum absolute atomic E-state index is 0.175. The van der Waals surface area contributed by atoms with Crippen molar-refractivity contribution < 1.29 is 14.1 Å². The van der Waals surface area contributed by atoms with Crippen LogP contribution in [0, 0.1) is 15.9 Å². The molecule has 0 spiro atoms. The Morgan fingerprint density at radius 3 is 2.83 bits per heavy atom. The molecule has 1 saturated heterocycles. The van der Waals surface area contributed by atoms with Gasteiger partial charge in [-0.2, -0.15) is 0 Å². The third-order valence-corrected chi connectivity index (χ3v) is 3.67. The molecule has 2 amide bonds. The average Bonchev–Trinajstić information content (AvgIpc) is 2.57. The van der Waals surface area contributed by atoms with Gasteiger partial charge < -0.3 is 10.6 Å². The zero-order chi connectivity index (χ0) is 17.1. The van der Waals surface area contributed by atoms with E-state index in [1.807, 2.05) is 0 Å². The Labute approximate surface area is 137 Å². The van der Waals surface area contributed by atoms with E-state index in [1.165, 1.54) is 6.07 Å². The van der Waals surface area contributed by atoms with Crippen LogP contribution in [0.1, 0.15) is 6.42 Å². The smallest absolute Gasteiger partial charge is 0.321 e. The highest BCUT2D eigenvalue weighted by Crippen LogP contribution is 2.30. The second-order valence-electron chi connectivity index (χ2n) is 5.33. The molecule has 124 valence electrons. The lowest BCUT2D eigenvalue weighted by atomic mass is 10.2. The maximum absolute atomic E-state index is 13.2. The minimum Gasteiger partial charge on any atom is -0.350 e. The number of hydrogen-bond donors (Lipinski definition) is 2. The third-order valence-electron chi connectivity index (χ3n) is 3.67. The van der Waals surface area contributed by atoms with Crippen LogP contribution in [0.4, 0.5) is 31.9 Å². The molecule has 0 atom stereocenters. The molecule has 1 heterocycles. The van der Waals surface area contributed by atoms with Crippen molar-refractivity contribution in [3.05, 3.63) is 58.4 Å². The monoisotopic (exact) mass is 330 g/mol. The van der Waals surface area contributed by atoms with E-state index in [2.05, 4.69) is 10.6 Å². The highest BCUT2D eigenvalue weighted by molar-refractivity contribution is 5.93. The van der Waals surface area contributed by atoms with Gasteiger partial charge >= 0.3 is 6.03 Å². The van der Waals surface area contributed by atoms with Crippen LogP contribution in [-0.2, 0) is 0 Å². The van der Waals surface area contributed by atoms with Gasteiger partial charge in [0.05, 0.1) is 11.0 Å². The van der Waals surface area contributed by atoms with Gasteiger partial charge in [-0.15, -0.1) is 0 Å². The molecule has 7 nitrogen and oxygen atoms in total. The Morgan fingerprint density at radius 1 is 1.25 bits per heavy atom. The normalized spacial score (nSPS) is 14.2. The topological polar surface area (TPSA) is 87.5 Å². The van der Waals surface area contributed by atoms with Crippen molar-refractivity contribution in [2.24, 2.45) is 0 Å². The van der Waals surface area contributed by atoms with Crippen LogP contribution in [-0.4, -0.2) is 24.0 Å². The predicted molar refractivity (Wildman–Crippen MR) is 88.1 cm³/mol. The van der Waals surface area contributed by atoms with Crippen molar-refractivity contribution in [2.45, 2.75) is 6.42 Å². The van der Waals surface area contributed by atoms with Gasteiger partial charge in [-0.3, -0.25) is 15.0 Å². The summed E-state index contributed by atoms with van der Waals surface area (Å²) in [6.45, 7) is 1.25. The van der Waals surface area contributed by atoms with Crippen molar-refractivity contribution in [1.29, 1.82) is 0 Å². The highest BCUT2D eigenvalue weighted by Gasteiger charge is 2.20. The number of nitrogens with one attached hydrogen (secondary N) is 2. The van der Waals surface area contributed by atoms with Crippen molar-refractivity contribution in [3.63, 3.8) is 0 Å². The van der Waals surface area contributed by atoms with Crippen LogP contribution in [0.15, 0.2) is 42.5 Å². The average molecular weight is 330 g/mol. The van der Waals surface area contributed by atoms with Crippen LogP contribution >= 0.6 is 0 Å². The first-order chi connectivity index (χ1) is 11.5. The summed E-state index contributed by atoms with van der Waals surface area (Å²) >= 11 is 0. The van der Waals surface area contributed by atoms with E-state index in [0.717, 1.165) is 18.6 Å². The molecule has 1 aliphatic heterocycles. The van der Waals surface area contributed by atoms with Crippen molar-refractivity contribution in [3.8, 4) is 0 Å². The quantitative estimate of drug-likeness (QED) is 0.664. The largest absolute Gasteiger partial charge is 0.350 e. The first kappa shape index (κ1) is 15.7. The number of nitro groups is 1. The van der Waals surface area contributed by atoms with Crippen LogP contribution in [0.3, 0.4) is 0 Å². The number of nitrogens with zero attached hydrogens (tertiary/aromatic N) is 2. The standard InChI is InChI=1S/C16H15FN4O3/c17-11-5-6-14(15(9-11)21(23)24)19-12-3-1-4-13(10-12)20-8-2-7-18-16(20)22/h1,3-6,9-10,19H,2,7-8H2,(H,18,22). The predicted octanol–water partition coefficient (Wildman–Crippen LogP) is 3.40. The Hall–Kier alpha value is -3.16. The summed E-state index contributed by atoms with van der Waals surface area (Å²) in [5.41, 5.74) is 1.08. The van der Waals surface area contributed by atoms with Crippen LogP contribution in [0.25, 0.3) is 0 Å². The second-order valence-corrected chi connectivity index (χ2v) is 5.33. The number of amides is 2. The summed E-state index contributed by atoms with van der Waals surface area (Å²) in [6, 6.07) is 10.1. The number of carbonyl (C=O) groups is 1. The van der Waals surface area contributed by atoms with E-state index in [9.17, 15) is 19.3 Å². The van der Waals surface area contributed by atoms with Gasteiger partial charge in [0, 0.05) is 24.5 Å². The maximum Gasteiger partial charge on any atom is 0.321 e. The fraction of sp³-hybridized carbons (Fsp3) is 0.188. The van der Waals surface area contributed by atoms with Gasteiger partial charge in [-0.25, -0.2) is 9.18 Å². The molecule has 0 radical (unpaired) electrons. The highest BCUT2D eigenvalue weighted by atomic mass is 19.1. The van der Waals surface area contributed by atoms with E-state index in [0.29, 0.717) is 24.5 Å². The number of rotatable bonds is 4. The van der Waals surface area contributed by atoms with Crippen LogP contribution < -0.4 is 15.5 Å². The lowest BCUT2D eigenvalue weighted by Crippen LogP contribution is -2.46. The van der Waals surface area contributed by atoms with Crippen molar-refractivity contribution in [1.82, 2.24) is 5.32 Å². The van der Waals surface area contributed by atoms with Gasteiger partial charge in [-0.1, -0.05) is 6.07 Å². The molecule has 3 rings (SSSR count). The van der Waals surface area contributed by atoms with Crippen molar-refractivity contribution in [2.75, 3.05) is 23.3 Å². The number of nitro benzene ring substituents is 1. The molecule has 0 aliphatic carbocycles. The summed E-state index contributed by atoms with van der Waals surface area (Å²) in [7, 11) is 0. The first-order valence-electron chi connectivity index (χ1n) is 7.41. The zero-order valence-corrected chi connectivity index (χ0v) is 12.7. The summed E-state index contributed by atoms with van der Waals surface area (Å²) in [4.78, 5) is 23.9. The lowest BCUT2D eigenvalue weighted by Gasteiger charge is -2.27. The van der Waals surface area contributed by atoms with E-state index < -0.39 is 10.7 Å². The van der Waals surface area contributed by atoms with E-state index in [1.54, 1.807) is 29.2 Å². The third kappa shape index (κ3) is 3.27. The van der Waals surface area contributed by atoms with E-state index >= 15 is 0 Å². The fourth-order valence-corrected chi connectivity index (χ4v) is 2.54. The Morgan fingerprint density at radius 2 is 2.08 bits per heavy atom.